The van der Waals surface area contributed by atoms with E-state index in [4.69, 9.17) is 14.7 Å². The first-order valence-corrected chi connectivity index (χ1v) is 9.72. The van der Waals surface area contributed by atoms with Gasteiger partial charge in [-0.15, -0.1) is 0 Å². The van der Waals surface area contributed by atoms with Crippen LogP contribution < -0.4 is 4.74 Å². The average Bonchev–Trinajstić information content (AvgIpc) is 3.43. The molecule has 152 valence electrons. The highest BCUT2D eigenvalue weighted by Gasteiger charge is 2.15. The molecule has 5 aromatic rings. The second-order valence-corrected chi connectivity index (χ2v) is 6.92. The monoisotopic (exact) mass is 409 g/mol. The lowest BCUT2D eigenvalue weighted by atomic mass is 10.1. The first-order valence-electron chi connectivity index (χ1n) is 9.72. The van der Waals surface area contributed by atoms with Crippen LogP contribution in [-0.4, -0.2) is 38.0 Å². The second kappa shape index (κ2) is 7.79. The number of nitrogens with zero attached hydrogens (tertiary/aromatic N) is 4. The molecule has 0 spiro atoms. The van der Waals surface area contributed by atoms with Gasteiger partial charge < -0.3 is 9.84 Å². The number of phenols is 1. The van der Waals surface area contributed by atoms with E-state index in [0.29, 0.717) is 17.3 Å². The van der Waals surface area contributed by atoms with E-state index in [1.807, 2.05) is 59.1 Å². The minimum Gasteiger partial charge on any atom is -0.504 e. The van der Waals surface area contributed by atoms with Crippen molar-refractivity contribution < 1.29 is 9.84 Å². The van der Waals surface area contributed by atoms with Crippen molar-refractivity contribution in [3.05, 3.63) is 84.7 Å². The molecule has 3 aromatic heterocycles. The van der Waals surface area contributed by atoms with E-state index < -0.39 is 0 Å². The Hall–Kier alpha value is -4.39. The average molecular weight is 409 g/mol. The van der Waals surface area contributed by atoms with Gasteiger partial charge in [0.05, 0.1) is 19.0 Å². The van der Waals surface area contributed by atoms with E-state index in [-0.39, 0.29) is 5.75 Å². The number of nitrogens with one attached hydrogen (secondary N) is 1. The number of benzene rings is 2. The van der Waals surface area contributed by atoms with Crippen LogP contribution in [0.4, 0.5) is 5.82 Å². The topological polar surface area (TPSA) is 87.8 Å². The molecule has 0 aliphatic carbocycles. The quantitative estimate of drug-likeness (QED) is 0.406. The van der Waals surface area contributed by atoms with E-state index in [1.165, 1.54) is 7.11 Å². The standard InChI is InChI=1S/C24H19N5O2/c1-31-20-13-17(10-11-19(20)30)23-24(29-12-6-5-9-21(29)27-23)25-14-18-15-26-28-22(18)16-7-3-2-4-8-16/h2-15,30H,1H3,(H,26,28). The van der Waals surface area contributed by atoms with Crippen LogP contribution >= 0.6 is 0 Å². The molecule has 0 unspecified atom stereocenters. The van der Waals surface area contributed by atoms with Gasteiger partial charge in [0.25, 0.3) is 0 Å². The molecule has 0 atom stereocenters. The summed E-state index contributed by atoms with van der Waals surface area (Å²) >= 11 is 0. The van der Waals surface area contributed by atoms with Gasteiger partial charge in [0.1, 0.15) is 11.3 Å². The molecular formula is C24H19N5O2. The number of rotatable bonds is 5. The van der Waals surface area contributed by atoms with Gasteiger partial charge in [-0.3, -0.25) is 9.50 Å². The third-order valence-corrected chi connectivity index (χ3v) is 5.01. The number of hydrogen-bond donors (Lipinski definition) is 2. The molecule has 0 fully saturated rings. The predicted octanol–water partition coefficient (Wildman–Crippen LogP) is 4.86. The number of H-pyrrole nitrogens is 1. The Bertz CT molecular complexity index is 1390. The molecule has 0 bridgehead atoms. The fraction of sp³-hybridized carbons (Fsp3) is 0.0417. The smallest absolute Gasteiger partial charge is 0.165 e. The van der Waals surface area contributed by atoms with Crippen LogP contribution in [0.25, 0.3) is 28.2 Å². The Morgan fingerprint density at radius 1 is 1.03 bits per heavy atom. The Balaban J connectivity index is 1.63. The van der Waals surface area contributed by atoms with Gasteiger partial charge in [0, 0.05) is 29.1 Å². The summed E-state index contributed by atoms with van der Waals surface area (Å²) in [4.78, 5) is 9.55. The fourth-order valence-electron chi connectivity index (χ4n) is 3.48. The third kappa shape index (κ3) is 3.42. The maximum absolute atomic E-state index is 9.97. The highest BCUT2D eigenvalue weighted by Crippen LogP contribution is 2.36. The Labute approximate surface area is 178 Å². The van der Waals surface area contributed by atoms with Gasteiger partial charge >= 0.3 is 0 Å². The zero-order valence-corrected chi connectivity index (χ0v) is 16.7. The van der Waals surface area contributed by atoms with Gasteiger partial charge in [-0.25, -0.2) is 9.98 Å². The predicted molar refractivity (Wildman–Crippen MR) is 120 cm³/mol. The lowest BCUT2D eigenvalue weighted by molar-refractivity contribution is 0.373. The van der Waals surface area contributed by atoms with E-state index >= 15 is 0 Å². The zero-order valence-electron chi connectivity index (χ0n) is 16.7. The molecule has 2 N–H and O–H groups in total. The Morgan fingerprint density at radius 3 is 2.71 bits per heavy atom. The number of aromatic hydroxyl groups is 1. The van der Waals surface area contributed by atoms with E-state index in [9.17, 15) is 5.11 Å². The van der Waals surface area contributed by atoms with Gasteiger partial charge in [-0.05, 0) is 30.3 Å². The highest BCUT2D eigenvalue weighted by atomic mass is 16.5. The van der Waals surface area contributed by atoms with Crippen LogP contribution in [0.15, 0.2) is 84.1 Å². The Morgan fingerprint density at radius 2 is 1.87 bits per heavy atom. The van der Waals surface area contributed by atoms with Crippen LogP contribution in [0.1, 0.15) is 5.56 Å². The van der Waals surface area contributed by atoms with Crippen LogP contribution in [0.2, 0.25) is 0 Å². The van der Waals surface area contributed by atoms with Gasteiger partial charge in [-0.2, -0.15) is 5.10 Å². The normalized spacial score (nSPS) is 11.4. The lowest BCUT2D eigenvalue weighted by Crippen LogP contribution is -1.88. The minimum atomic E-state index is 0.0750. The molecule has 5 rings (SSSR count). The molecule has 2 aromatic carbocycles. The molecule has 0 radical (unpaired) electrons. The van der Waals surface area contributed by atoms with Crippen LogP contribution in [-0.2, 0) is 0 Å². The lowest BCUT2D eigenvalue weighted by Gasteiger charge is -2.06. The number of hydrogen-bond acceptors (Lipinski definition) is 5. The van der Waals surface area contributed by atoms with E-state index in [1.54, 1.807) is 30.6 Å². The van der Waals surface area contributed by atoms with Crippen molar-refractivity contribution in [1.82, 2.24) is 19.6 Å². The van der Waals surface area contributed by atoms with Crippen molar-refractivity contribution in [2.45, 2.75) is 0 Å². The fourth-order valence-corrected chi connectivity index (χ4v) is 3.48. The molecule has 3 heterocycles. The van der Waals surface area contributed by atoms with Crippen molar-refractivity contribution in [3.63, 3.8) is 0 Å². The summed E-state index contributed by atoms with van der Waals surface area (Å²) in [5, 5.41) is 17.2. The number of pyridine rings is 1. The van der Waals surface area contributed by atoms with Crippen molar-refractivity contribution in [3.8, 4) is 34.0 Å². The highest BCUT2D eigenvalue weighted by molar-refractivity contribution is 5.91. The molecule has 0 aliphatic rings. The summed E-state index contributed by atoms with van der Waals surface area (Å²) in [7, 11) is 1.52. The summed E-state index contributed by atoms with van der Waals surface area (Å²) in [6.07, 6.45) is 5.45. The van der Waals surface area contributed by atoms with E-state index in [0.717, 1.165) is 28.0 Å². The maximum atomic E-state index is 9.97. The number of aliphatic imine (C=N–C) groups is 1. The summed E-state index contributed by atoms with van der Waals surface area (Å²) in [6.45, 7) is 0. The third-order valence-electron chi connectivity index (χ3n) is 5.01. The molecule has 7 nitrogen and oxygen atoms in total. The summed E-state index contributed by atoms with van der Waals surface area (Å²) in [6, 6.07) is 20.9. The van der Waals surface area contributed by atoms with Crippen LogP contribution in [0.5, 0.6) is 11.5 Å². The number of fused-ring (bicyclic) bond motifs is 1. The second-order valence-electron chi connectivity index (χ2n) is 6.92. The first kappa shape index (κ1) is 18.6. The first-order chi connectivity index (χ1) is 15.2. The molecule has 0 amide bonds. The Kier molecular flexibility index (Phi) is 4.68. The molecule has 0 saturated carbocycles. The molecule has 7 heteroatoms. The van der Waals surface area contributed by atoms with Crippen molar-refractivity contribution in [1.29, 1.82) is 0 Å². The minimum absolute atomic E-state index is 0.0750. The van der Waals surface area contributed by atoms with Crippen LogP contribution in [0, 0.1) is 0 Å². The number of methoxy groups -OCH3 is 1. The number of phenolic OH excluding ortho intramolecular Hbond substituents is 1. The number of imidazole rings is 1. The zero-order chi connectivity index (χ0) is 21.2. The summed E-state index contributed by atoms with van der Waals surface area (Å²) < 4.78 is 7.19. The van der Waals surface area contributed by atoms with Gasteiger partial charge in [0.15, 0.2) is 17.3 Å². The van der Waals surface area contributed by atoms with Crippen molar-refractivity contribution in [2.75, 3.05) is 7.11 Å². The molecule has 0 aliphatic heterocycles. The number of ether oxygens (including phenoxy) is 1. The van der Waals surface area contributed by atoms with Crippen LogP contribution in [0.3, 0.4) is 0 Å². The maximum Gasteiger partial charge on any atom is 0.165 e. The molecule has 0 saturated heterocycles. The summed E-state index contributed by atoms with van der Waals surface area (Å²) in [5.74, 6) is 1.13. The van der Waals surface area contributed by atoms with Gasteiger partial charge in [0.2, 0.25) is 0 Å². The number of aromatic amines is 1. The summed E-state index contributed by atoms with van der Waals surface area (Å²) in [5.41, 5.74) is 5.04. The van der Waals surface area contributed by atoms with Gasteiger partial charge in [-0.1, -0.05) is 36.4 Å². The molecule has 31 heavy (non-hydrogen) atoms. The van der Waals surface area contributed by atoms with E-state index in [2.05, 4.69) is 10.2 Å². The van der Waals surface area contributed by atoms with Crippen molar-refractivity contribution >= 4 is 17.7 Å². The SMILES string of the molecule is COc1cc(-c2nc3ccccn3c2N=Cc2cn[nH]c2-c2ccccc2)ccc1O. The number of aromatic nitrogens is 4. The largest absolute Gasteiger partial charge is 0.504 e. The molecular weight excluding hydrogens is 390 g/mol. The van der Waals surface area contributed by atoms with Crippen molar-refractivity contribution in [2.24, 2.45) is 4.99 Å².